The molecule has 0 amide bonds. The molecule has 15 heavy (non-hydrogen) atoms. The molecule has 0 aromatic heterocycles. The number of benzene rings is 1. The minimum atomic E-state index is -4.67. The van der Waals surface area contributed by atoms with E-state index in [2.05, 4.69) is 4.18 Å². The molecule has 4 N–H and O–H groups in total. The summed E-state index contributed by atoms with van der Waals surface area (Å²) in [6, 6.07) is 3.17. The van der Waals surface area contributed by atoms with Gasteiger partial charge in [-0.3, -0.25) is 4.55 Å². The molecule has 0 aliphatic carbocycles. The quantitative estimate of drug-likeness (QED) is 0.500. The second kappa shape index (κ2) is 3.75. The van der Waals surface area contributed by atoms with Crippen LogP contribution < -0.4 is 9.92 Å². The van der Waals surface area contributed by atoms with E-state index in [1.54, 1.807) is 0 Å². The van der Waals surface area contributed by atoms with Gasteiger partial charge in [-0.15, -0.1) is 0 Å². The van der Waals surface area contributed by atoms with Crippen LogP contribution in [0.5, 0.6) is 5.75 Å². The van der Waals surface area contributed by atoms with E-state index in [0.717, 1.165) is 18.2 Å². The Labute approximate surface area is 85.0 Å². The first-order valence-electron chi connectivity index (χ1n) is 3.59. The molecule has 0 bridgehead atoms. The molecule has 0 aliphatic rings. The maximum absolute atomic E-state index is 10.6. The second-order valence-corrected chi connectivity index (χ2v) is 3.59. The number of nitrogen functional groups attached to an aromatic ring is 1. The molecular weight excluding hydrogens is 226 g/mol. The van der Waals surface area contributed by atoms with E-state index in [4.69, 9.17) is 15.4 Å². The standard InChI is InChI=1S/C7H7NO6S/c8-6-2-1-4(14-15(11,12)13)3-5(6)7(9)10/h1-3H,8H2,(H,9,10)(H,11,12,13). The highest BCUT2D eigenvalue weighted by molar-refractivity contribution is 7.81. The van der Waals surface area contributed by atoms with Gasteiger partial charge in [0.25, 0.3) is 0 Å². The predicted octanol–water partition coefficient (Wildman–Crippen LogP) is 0.149. The normalized spacial score (nSPS) is 11.0. The lowest BCUT2D eigenvalue weighted by molar-refractivity contribution is 0.0697. The van der Waals surface area contributed by atoms with Crippen LogP contribution in [0.3, 0.4) is 0 Å². The molecule has 0 radical (unpaired) electrons. The molecule has 0 fully saturated rings. The summed E-state index contributed by atoms with van der Waals surface area (Å²) in [6.45, 7) is 0. The van der Waals surface area contributed by atoms with Crippen molar-refractivity contribution in [2.45, 2.75) is 0 Å². The summed E-state index contributed by atoms with van der Waals surface area (Å²) in [4.78, 5) is 10.6. The van der Waals surface area contributed by atoms with Crippen molar-refractivity contribution >= 4 is 22.1 Å². The summed E-state index contributed by atoms with van der Waals surface area (Å²) < 4.78 is 33.0. The molecule has 0 unspecified atom stereocenters. The Morgan fingerprint density at radius 2 is 2.00 bits per heavy atom. The third kappa shape index (κ3) is 3.11. The van der Waals surface area contributed by atoms with Crippen molar-refractivity contribution < 1.29 is 27.1 Å². The van der Waals surface area contributed by atoms with Crippen LogP contribution in [0.2, 0.25) is 0 Å². The summed E-state index contributed by atoms with van der Waals surface area (Å²) in [6.07, 6.45) is 0. The molecule has 1 aromatic rings. The van der Waals surface area contributed by atoms with Gasteiger partial charge < -0.3 is 15.0 Å². The van der Waals surface area contributed by atoms with Crippen LogP contribution in [0.4, 0.5) is 5.69 Å². The highest BCUT2D eigenvalue weighted by Crippen LogP contribution is 2.20. The largest absolute Gasteiger partial charge is 0.478 e. The van der Waals surface area contributed by atoms with Crippen molar-refractivity contribution in [3.8, 4) is 5.75 Å². The summed E-state index contributed by atoms with van der Waals surface area (Å²) in [5.74, 6) is -1.66. The van der Waals surface area contributed by atoms with Crippen molar-refractivity contribution in [2.24, 2.45) is 0 Å². The van der Waals surface area contributed by atoms with Gasteiger partial charge in [-0.1, -0.05) is 0 Å². The van der Waals surface area contributed by atoms with E-state index >= 15 is 0 Å². The van der Waals surface area contributed by atoms with Crippen molar-refractivity contribution in [2.75, 3.05) is 5.73 Å². The number of nitrogens with two attached hydrogens (primary N) is 1. The lowest BCUT2D eigenvalue weighted by atomic mass is 10.2. The fourth-order valence-electron chi connectivity index (χ4n) is 0.894. The van der Waals surface area contributed by atoms with E-state index in [-0.39, 0.29) is 17.0 Å². The summed E-state index contributed by atoms with van der Waals surface area (Å²) in [5.41, 5.74) is 4.96. The van der Waals surface area contributed by atoms with Gasteiger partial charge in [-0.25, -0.2) is 4.79 Å². The van der Waals surface area contributed by atoms with E-state index in [1.165, 1.54) is 0 Å². The molecule has 0 saturated heterocycles. The van der Waals surface area contributed by atoms with E-state index < -0.39 is 16.4 Å². The molecular formula is C7H7NO6S. The smallest absolute Gasteiger partial charge is 0.446 e. The number of carboxylic acid groups (broad SMARTS) is 1. The Morgan fingerprint density at radius 1 is 1.40 bits per heavy atom. The molecule has 1 aromatic carbocycles. The Hall–Kier alpha value is -1.80. The van der Waals surface area contributed by atoms with Gasteiger partial charge in [-0.05, 0) is 18.2 Å². The van der Waals surface area contributed by atoms with Crippen LogP contribution in [-0.2, 0) is 10.4 Å². The number of carbonyl (C=O) groups is 1. The highest BCUT2D eigenvalue weighted by Gasteiger charge is 2.12. The minimum Gasteiger partial charge on any atom is -0.478 e. The number of anilines is 1. The average Bonchev–Trinajstić information content (AvgIpc) is 2.05. The molecule has 82 valence electrons. The van der Waals surface area contributed by atoms with Crippen LogP contribution in [0.15, 0.2) is 18.2 Å². The average molecular weight is 233 g/mol. The topological polar surface area (TPSA) is 127 Å². The van der Waals surface area contributed by atoms with Crippen molar-refractivity contribution in [3.05, 3.63) is 23.8 Å². The van der Waals surface area contributed by atoms with Gasteiger partial charge in [0.1, 0.15) is 5.75 Å². The van der Waals surface area contributed by atoms with Crippen molar-refractivity contribution in [3.63, 3.8) is 0 Å². The number of hydrogen-bond donors (Lipinski definition) is 3. The van der Waals surface area contributed by atoms with Crippen LogP contribution in [-0.4, -0.2) is 24.0 Å². The van der Waals surface area contributed by atoms with Crippen LogP contribution in [0.1, 0.15) is 10.4 Å². The summed E-state index contributed by atoms with van der Waals surface area (Å²) >= 11 is 0. The van der Waals surface area contributed by atoms with Crippen molar-refractivity contribution in [1.82, 2.24) is 0 Å². The summed E-state index contributed by atoms with van der Waals surface area (Å²) in [7, 11) is -4.67. The minimum absolute atomic E-state index is 0.0369. The lowest BCUT2D eigenvalue weighted by Crippen LogP contribution is -2.08. The Kier molecular flexibility index (Phi) is 2.82. The maximum Gasteiger partial charge on any atom is 0.446 e. The Bertz CT molecular complexity index is 494. The van der Waals surface area contributed by atoms with Crippen LogP contribution in [0, 0.1) is 0 Å². The zero-order valence-electron chi connectivity index (χ0n) is 7.25. The first kappa shape index (κ1) is 11.3. The number of rotatable bonds is 3. The fraction of sp³-hybridized carbons (Fsp3) is 0. The van der Waals surface area contributed by atoms with Gasteiger partial charge in [0.15, 0.2) is 0 Å². The molecule has 0 saturated carbocycles. The van der Waals surface area contributed by atoms with Gasteiger partial charge >= 0.3 is 16.4 Å². The monoisotopic (exact) mass is 233 g/mol. The predicted molar refractivity (Wildman–Crippen MR) is 50.0 cm³/mol. The molecule has 7 nitrogen and oxygen atoms in total. The van der Waals surface area contributed by atoms with Crippen LogP contribution >= 0.6 is 0 Å². The van der Waals surface area contributed by atoms with Crippen molar-refractivity contribution in [1.29, 1.82) is 0 Å². The van der Waals surface area contributed by atoms with Crippen LogP contribution in [0.25, 0.3) is 0 Å². The van der Waals surface area contributed by atoms with Gasteiger partial charge in [-0.2, -0.15) is 8.42 Å². The molecule has 0 aliphatic heterocycles. The Morgan fingerprint density at radius 3 is 2.47 bits per heavy atom. The van der Waals surface area contributed by atoms with Gasteiger partial charge in [0, 0.05) is 5.69 Å². The molecule has 0 atom stereocenters. The van der Waals surface area contributed by atoms with E-state index in [0.29, 0.717) is 0 Å². The highest BCUT2D eigenvalue weighted by atomic mass is 32.3. The number of carboxylic acids is 1. The Balaban J connectivity index is 3.14. The second-order valence-electron chi connectivity index (χ2n) is 2.57. The zero-order valence-corrected chi connectivity index (χ0v) is 8.06. The number of hydrogen-bond acceptors (Lipinski definition) is 5. The van der Waals surface area contributed by atoms with Gasteiger partial charge in [0.05, 0.1) is 5.56 Å². The molecule has 0 heterocycles. The fourth-order valence-corrected chi connectivity index (χ4v) is 1.24. The molecule has 0 spiro atoms. The lowest BCUT2D eigenvalue weighted by Gasteiger charge is -2.04. The van der Waals surface area contributed by atoms with E-state index in [1.807, 2.05) is 0 Å². The maximum atomic E-state index is 10.6. The molecule has 1 rings (SSSR count). The number of aromatic carboxylic acids is 1. The zero-order chi connectivity index (χ0) is 11.6. The summed E-state index contributed by atoms with van der Waals surface area (Å²) in [5, 5.41) is 8.64. The third-order valence-electron chi connectivity index (χ3n) is 1.46. The third-order valence-corrected chi connectivity index (χ3v) is 1.86. The van der Waals surface area contributed by atoms with E-state index in [9.17, 15) is 13.2 Å². The first-order chi connectivity index (χ1) is 6.79. The van der Waals surface area contributed by atoms with Gasteiger partial charge in [0.2, 0.25) is 0 Å². The molecule has 8 heteroatoms. The SMILES string of the molecule is Nc1ccc(OS(=O)(=O)O)cc1C(=O)O. The first-order valence-corrected chi connectivity index (χ1v) is 4.96.